The number of amides is 4. The maximum atomic E-state index is 13.8. The lowest BCUT2D eigenvalue weighted by Crippen LogP contribution is -2.64. The molecule has 2 saturated heterocycles. The van der Waals surface area contributed by atoms with E-state index in [-0.39, 0.29) is 63.8 Å². The van der Waals surface area contributed by atoms with Crippen LogP contribution >= 0.6 is 0 Å². The Morgan fingerprint density at radius 3 is 1.38 bits per heavy atom. The minimum Gasteiger partial charge on any atom is -0.494 e. The number of rotatable bonds is 23. The molecule has 4 amide bonds. The molecule has 2 heterocycles. The number of aliphatic hydroxyl groups is 3. The molecule has 2 aliphatic carbocycles. The number of urea groups is 2. The van der Waals surface area contributed by atoms with Crippen molar-refractivity contribution in [3.8, 4) is 11.5 Å². The van der Waals surface area contributed by atoms with Gasteiger partial charge in [-0.25, -0.2) is 19.2 Å². The van der Waals surface area contributed by atoms with Crippen LogP contribution in [0.3, 0.4) is 0 Å². The average molecular weight is 1310 g/mol. The summed E-state index contributed by atoms with van der Waals surface area (Å²) in [5.74, 6) is -4.02. The molecule has 4 aromatic rings. The highest BCUT2D eigenvalue weighted by molar-refractivity contribution is 6.06. The van der Waals surface area contributed by atoms with Crippen molar-refractivity contribution in [3.63, 3.8) is 0 Å². The number of carbonyl (C=O) groups excluding carboxylic acids is 8. The first kappa shape index (κ1) is 72.3. The number of methoxy groups -OCH3 is 1. The van der Waals surface area contributed by atoms with E-state index in [1.54, 1.807) is 60.7 Å². The first-order valence-corrected chi connectivity index (χ1v) is 30.3. The van der Waals surface area contributed by atoms with Crippen LogP contribution in [-0.4, -0.2) is 205 Å². The number of aryl methyl sites for hydroxylation is 4. The van der Waals surface area contributed by atoms with E-state index in [0.29, 0.717) is 47.2 Å². The highest BCUT2D eigenvalue weighted by Crippen LogP contribution is 2.33. The quantitative estimate of drug-likeness (QED) is 0.0415. The fraction of sp³-hybridized carbons (Fsp3) is 0.448. The third-order valence-electron chi connectivity index (χ3n) is 15.4. The van der Waals surface area contributed by atoms with Crippen molar-refractivity contribution in [1.82, 2.24) is 9.80 Å². The van der Waals surface area contributed by atoms with Crippen molar-refractivity contribution < 1.29 is 111 Å². The molecule has 4 aliphatic rings. The molecule has 8 rings (SSSR count). The fourth-order valence-electron chi connectivity index (χ4n) is 11.0. The molecule has 0 bridgehead atoms. The second kappa shape index (κ2) is 33.1. The van der Waals surface area contributed by atoms with Crippen molar-refractivity contribution in [2.45, 2.75) is 137 Å². The van der Waals surface area contributed by atoms with Crippen LogP contribution in [0, 0.1) is 27.7 Å². The molecule has 0 unspecified atom stereocenters. The number of fused-ring (bicyclic) bond motifs is 2. The van der Waals surface area contributed by atoms with Crippen molar-refractivity contribution >= 4 is 77.0 Å². The topological polar surface area (TPSA) is 357 Å². The zero-order valence-electron chi connectivity index (χ0n) is 53.9. The Labute approximate surface area is 542 Å². The van der Waals surface area contributed by atoms with Crippen molar-refractivity contribution in [2.24, 2.45) is 0 Å². The van der Waals surface area contributed by atoms with Crippen molar-refractivity contribution in [2.75, 3.05) is 70.3 Å². The molecule has 94 heavy (non-hydrogen) atoms. The number of hydrogen-bond acceptors (Lipinski definition) is 22. The summed E-state index contributed by atoms with van der Waals surface area (Å²) in [6, 6.07) is 20.4. The van der Waals surface area contributed by atoms with Crippen LogP contribution in [0.15, 0.2) is 83.9 Å². The van der Waals surface area contributed by atoms with Gasteiger partial charge in [0, 0.05) is 69.2 Å². The summed E-state index contributed by atoms with van der Waals surface area (Å²) in [5, 5.41) is 45.1. The number of anilines is 2. The van der Waals surface area contributed by atoms with Gasteiger partial charge in [0.05, 0.1) is 46.6 Å². The molecule has 10 atom stereocenters. The van der Waals surface area contributed by atoms with Gasteiger partial charge in [-0.3, -0.25) is 24.0 Å². The highest BCUT2D eigenvalue weighted by Gasteiger charge is 2.55. The van der Waals surface area contributed by atoms with Crippen LogP contribution in [0.5, 0.6) is 11.5 Å². The van der Waals surface area contributed by atoms with E-state index in [9.17, 15) is 63.6 Å². The summed E-state index contributed by atoms with van der Waals surface area (Å²) in [6.45, 7) is 14.9. The van der Waals surface area contributed by atoms with Crippen molar-refractivity contribution in [3.05, 3.63) is 128 Å². The number of carboxylic acids is 1. The van der Waals surface area contributed by atoms with Crippen LogP contribution in [0.25, 0.3) is 12.2 Å². The predicted octanol–water partition coefficient (Wildman–Crippen LogP) is 5.11. The number of carboxylic acid groups (broad SMARTS) is 1. The standard InChI is InChI=1S/C37H44N2O13.C30H36N2O10/c1-8-47-28-11-9-27(10-12-28)38-37(45)39(19-26-17-25-16-20(2)15-21(3)29(25)18-30(26)43)13-14-48-36-34(51-24(6)42)32(50-23(5)41)31(49-22(4)40)33(52-36)35(44)46-7;1-4-40-21-7-5-20(6-8-21)31-30(39)32(9-10-41-29-26(36)24(34)25(35)27(42-29)28(37)38)15-19-13-18-12-16(2)11-17(3)22(18)14-23(19)33/h9-12,15-17,31-34,36H,8,13-14,18-19H2,1-7H3,(H,38,45);5-8,11-13,24-27,29,34-36H,4,9-10,14-15H2,1-3H3,(H,31,39)(H,37,38)/t31-,32-,33-,34+,36+;24-,25-,26+,27-,29+/m00/s1. The Morgan fingerprint density at radius 1 is 0.553 bits per heavy atom. The molecule has 27 nitrogen and oxygen atoms in total. The SMILES string of the molecule is CCOc1ccc(NC(=O)N(CCO[C@@H]2O[C@H](C(=O)O)[C@@H](O)[C@H](O)[C@H]2O)CC2=Cc3cc(C)cc(C)c3CC2=O)cc1.CCOc1ccc(NC(=O)N(CCO[C@@H]2O[C@H](C(=O)OC)[C@@H](OC(C)=O)[C@H](OC(C)=O)[C@H]2OC(C)=O)CC2=Cc3cc(C)cc(C)c3CC2=O)cc1. The third-order valence-corrected chi connectivity index (χ3v) is 15.4. The zero-order valence-corrected chi connectivity index (χ0v) is 53.9. The monoisotopic (exact) mass is 1310 g/mol. The summed E-state index contributed by atoms with van der Waals surface area (Å²) in [6.07, 6.45) is -12.7. The van der Waals surface area contributed by atoms with Crippen LogP contribution < -0.4 is 20.1 Å². The van der Waals surface area contributed by atoms with Crippen LogP contribution in [-0.2, 0) is 84.3 Å². The molecule has 4 aromatic carbocycles. The lowest BCUT2D eigenvalue weighted by atomic mass is 9.87. The maximum Gasteiger partial charge on any atom is 0.339 e. The van der Waals surface area contributed by atoms with Gasteiger partial charge in [-0.15, -0.1) is 0 Å². The van der Waals surface area contributed by atoms with Crippen LogP contribution in [0.1, 0.15) is 79.1 Å². The molecule has 6 N–H and O–H groups in total. The Morgan fingerprint density at radius 2 is 0.968 bits per heavy atom. The summed E-state index contributed by atoms with van der Waals surface area (Å²) in [4.78, 5) is 117. The molecule has 27 heteroatoms. The minimum absolute atomic E-state index is 0.0509. The lowest BCUT2D eigenvalue weighted by Gasteiger charge is -2.43. The zero-order chi connectivity index (χ0) is 68.7. The minimum atomic E-state index is -1.85. The Kier molecular flexibility index (Phi) is 25.5. The first-order chi connectivity index (χ1) is 44.7. The number of ketones is 2. The molecular weight excluding hydrogens is 1230 g/mol. The molecule has 506 valence electrons. The summed E-state index contributed by atoms with van der Waals surface area (Å²) < 4.78 is 54.4. The third kappa shape index (κ3) is 19.0. The number of nitrogens with zero attached hydrogens (tertiary/aromatic N) is 2. The largest absolute Gasteiger partial charge is 0.494 e. The smallest absolute Gasteiger partial charge is 0.339 e. The molecule has 2 fully saturated rings. The second-order valence-electron chi connectivity index (χ2n) is 22.6. The van der Waals surface area contributed by atoms with Gasteiger partial charge in [0.1, 0.15) is 29.8 Å². The van der Waals surface area contributed by atoms with Gasteiger partial charge in [0.15, 0.2) is 54.7 Å². The van der Waals surface area contributed by atoms with Crippen LogP contribution in [0.4, 0.5) is 21.0 Å². The van der Waals surface area contributed by atoms with E-state index in [1.165, 1.54) is 9.80 Å². The van der Waals surface area contributed by atoms with E-state index in [2.05, 4.69) is 10.6 Å². The highest BCUT2D eigenvalue weighted by atomic mass is 16.7. The number of aliphatic hydroxyl groups excluding tert-OH is 3. The first-order valence-electron chi connectivity index (χ1n) is 30.3. The van der Waals surface area contributed by atoms with E-state index in [4.69, 9.17) is 47.4 Å². The van der Waals surface area contributed by atoms with Crippen molar-refractivity contribution in [1.29, 1.82) is 0 Å². The van der Waals surface area contributed by atoms with E-state index in [0.717, 1.165) is 72.4 Å². The number of benzene rings is 4. The normalized spacial score (nSPS) is 22.0. The maximum absolute atomic E-state index is 13.8. The van der Waals surface area contributed by atoms with E-state index >= 15 is 0 Å². The van der Waals surface area contributed by atoms with E-state index < -0.39 is 103 Å². The Bertz CT molecular complexity index is 3500. The number of hydrogen-bond donors (Lipinski definition) is 6. The van der Waals surface area contributed by atoms with Gasteiger partial charge in [-0.1, -0.05) is 35.4 Å². The van der Waals surface area contributed by atoms with E-state index in [1.807, 2.05) is 65.8 Å². The molecule has 0 aromatic heterocycles. The Hall–Kier alpha value is -9.09. The summed E-state index contributed by atoms with van der Waals surface area (Å²) >= 11 is 0. The number of aliphatic carboxylic acids is 1. The van der Waals surface area contributed by atoms with Gasteiger partial charge < -0.3 is 88.2 Å². The number of esters is 4. The second-order valence-corrected chi connectivity index (χ2v) is 22.6. The molecule has 2 aliphatic heterocycles. The van der Waals surface area contributed by atoms with Gasteiger partial charge in [-0.05, 0) is 136 Å². The number of Topliss-reactive ketones (excluding diaryl/α,β-unsaturated/α-hetero) is 2. The van der Waals surface area contributed by atoms with Gasteiger partial charge >= 0.3 is 41.9 Å². The summed E-state index contributed by atoms with van der Waals surface area (Å²) in [7, 11) is 1.08. The molecule has 0 radical (unpaired) electrons. The average Bonchev–Trinajstić information content (AvgIpc) is 0.798. The number of ether oxygens (including phenoxy) is 10. The van der Waals surface area contributed by atoms with Gasteiger partial charge in [-0.2, -0.15) is 0 Å². The molecule has 0 spiro atoms. The van der Waals surface area contributed by atoms with Gasteiger partial charge in [0.25, 0.3) is 0 Å². The molecular formula is C67H80N4O23. The number of carbonyl (C=O) groups is 9. The molecule has 0 saturated carbocycles. The summed E-state index contributed by atoms with van der Waals surface area (Å²) in [5.41, 5.74) is 9.55. The lowest BCUT2D eigenvalue weighted by molar-refractivity contribution is -0.301. The fourth-order valence-corrected chi connectivity index (χ4v) is 11.0. The van der Waals surface area contributed by atoms with Gasteiger partial charge in [0.2, 0.25) is 0 Å². The number of nitrogens with one attached hydrogen (secondary N) is 2. The predicted molar refractivity (Wildman–Crippen MR) is 335 cm³/mol. The van der Waals surface area contributed by atoms with Crippen LogP contribution in [0.2, 0.25) is 0 Å². The Balaban J connectivity index is 0.000000272.